The maximum absolute atomic E-state index is 7.19. The predicted octanol–water partition coefficient (Wildman–Crippen LogP) is 12.4. The first kappa shape index (κ1) is 40.2. The van der Waals surface area contributed by atoms with Crippen molar-refractivity contribution in [2.45, 2.75) is 5.92 Å². The Bertz CT molecular complexity index is 4140. The normalized spacial score (nSPS) is 13.1. The van der Waals surface area contributed by atoms with Crippen molar-refractivity contribution in [3.63, 3.8) is 0 Å². The van der Waals surface area contributed by atoms with E-state index in [4.69, 9.17) is 9.47 Å². The van der Waals surface area contributed by atoms with Crippen molar-refractivity contribution in [2.24, 2.45) is 0 Å². The lowest BCUT2D eigenvalue weighted by Crippen LogP contribution is -2.58. The van der Waals surface area contributed by atoms with E-state index in [0.717, 1.165) is 51.1 Å². The molecule has 74 heavy (non-hydrogen) atoms. The van der Waals surface area contributed by atoms with E-state index in [0.29, 0.717) is 0 Å². The van der Waals surface area contributed by atoms with Gasteiger partial charge in [0.2, 0.25) is 0 Å². The van der Waals surface area contributed by atoms with Crippen molar-refractivity contribution < 1.29 is 9.47 Å². The molecule has 6 heterocycles. The first-order valence-electron chi connectivity index (χ1n) is 25.7. The summed E-state index contributed by atoms with van der Waals surface area (Å²) >= 11 is 0. The van der Waals surface area contributed by atoms with Gasteiger partial charge in [-0.1, -0.05) is 170 Å². The molecule has 0 atom stereocenters. The lowest BCUT2D eigenvalue weighted by Gasteiger charge is -2.34. The molecule has 11 aromatic carbocycles. The second-order valence-electron chi connectivity index (χ2n) is 20.2. The molecule has 0 saturated heterocycles. The summed E-state index contributed by atoms with van der Waals surface area (Å²) in [5.74, 6) is 3.50. The van der Waals surface area contributed by atoms with Crippen LogP contribution in [0.2, 0.25) is 0 Å². The van der Waals surface area contributed by atoms with E-state index < -0.39 is 0 Å². The second-order valence-corrected chi connectivity index (χ2v) is 20.2. The van der Waals surface area contributed by atoms with Crippen LogP contribution in [0.3, 0.4) is 0 Å². The lowest BCUT2D eigenvalue weighted by molar-refractivity contribution is 0.487. The number of rotatable bonds is 6. The van der Waals surface area contributed by atoms with Gasteiger partial charge in [-0.2, -0.15) is 0 Å². The molecule has 0 fully saturated rings. The molecule has 4 aliphatic heterocycles. The largest absolute Gasteiger partial charge is 0.458 e. The molecule has 0 spiro atoms. The molecule has 5 nitrogen and oxygen atoms in total. The Kier molecular flexibility index (Phi) is 8.17. The van der Waals surface area contributed by atoms with Crippen LogP contribution in [0.15, 0.2) is 243 Å². The van der Waals surface area contributed by atoms with Crippen LogP contribution in [0.5, 0.6) is 23.0 Å². The maximum Gasteiger partial charge on any atom is 0.256 e. The Morgan fingerprint density at radius 2 is 0.770 bits per heavy atom. The molecule has 7 heteroatoms. The maximum atomic E-state index is 7.19. The van der Waals surface area contributed by atoms with Crippen molar-refractivity contribution in [1.82, 2.24) is 9.13 Å². The average Bonchev–Trinajstić information content (AvgIpc) is 4.05. The third-order valence-corrected chi connectivity index (χ3v) is 16.5. The zero-order chi connectivity index (χ0) is 48.2. The monoisotopic (exact) mass is 941 g/mol. The summed E-state index contributed by atoms with van der Waals surface area (Å²) in [6.45, 7) is -0.0467. The molecule has 0 bridgehead atoms. The fourth-order valence-electron chi connectivity index (χ4n) is 13.7. The number of hydrogen-bond acceptors (Lipinski definition) is 3. The van der Waals surface area contributed by atoms with Gasteiger partial charge in [-0.05, 0) is 116 Å². The molecule has 0 aliphatic carbocycles. The van der Waals surface area contributed by atoms with Crippen LogP contribution in [-0.2, 0) is 0 Å². The van der Waals surface area contributed by atoms with Gasteiger partial charge in [0.25, 0.3) is 13.4 Å². The minimum absolute atomic E-state index is 0.0174. The van der Waals surface area contributed by atoms with E-state index in [9.17, 15) is 0 Å². The Balaban J connectivity index is 1.09. The predicted molar refractivity (Wildman–Crippen MR) is 306 cm³/mol. The molecular weight excluding hydrogens is 900 g/mol. The molecule has 0 amide bonds. The number of ether oxygens (including phenoxy) is 2. The van der Waals surface area contributed by atoms with Crippen molar-refractivity contribution in [3.8, 4) is 34.4 Å². The van der Waals surface area contributed by atoms with Crippen molar-refractivity contribution in [3.05, 3.63) is 259 Å². The number of fused-ring (bicyclic) bond motifs is 16. The van der Waals surface area contributed by atoms with Gasteiger partial charge >= 0.3 is 0 Å². The van der Waals surface area contributed by atoms with Crippen LogP contribution in [0.25, 0.3) is 55.0 Å². The molecule has 342 valence electrons. The molecule has 0 unspecified atom stereocenters. The van der Waals surface area contributed by atoms with Crippen molar-refractivity contribution in [2.75, 3.05) is 4.90 Å². The van der Waals surface area contributed by atoms with Crippen LogP contribution in [0, 0.1) is 0 Å². The van der Waals surface area contributed by atoms with Crippen molar-refractivity contribution >= 4 is 107 Å². The molecular formula is C67H41B2N3O2. The lowest BCUT2D eigenvalue weighted by atomic mass is 9.34. The fourth-order valence-corrected chi connectivity index (χ4v) is 13.7. The van der Waals surface area contributed by atoms with E-state index in [2.05, 4.69) is 257 Å². The quantitative estimate of drug-likeness (QED) is 0.123. The first-order valence-corrected chi connectivity index (χ1v) is 25.7. The number of aromatic nitrogens is 2. The summed E-state index contributed by atoms with van der Waals surface area (Å²) in [4.78, 5) is 2.43. The summed E-state index contributed by atoms with van der Waals surface area (Å²) in [6, 6.07) is 88.9. The summed E-state index contributed by atoms with van der Waals surface area (Å²) in [6.07, 6.45) is 0. The Morgan fingerprint density at radius 1 is 0.365 bits per heavy atom. The van der Waals surface area contributed by atoms with Gasteiger partial charge in [0.05, 0.1) is 27.8 Å². The SMILES string of the molecule is c1ccc(C(c2ccccc2)c2cc3c4c5c2c2cc6c(cc2n5-c2ccccc2B4c2ccccc2O3)c2c(N(c3ccccc3)c3ccccc3)cc3c4c2n6-c2ccccc2B4c2ccccc2O3)cc1. The summed E-state index contributed by atoms with van der Waals surface area (Å²) in [7, 11) is 0. The summed E-state index contributed by atoms with van der Waals surface area (Å²) in [5, 5.41) is 4.81. The average molecular weight is 942 g/mol. The molecule has 4 aliphatic rings. The fraction of sp³-hybridized carbons (Fsp3) is 0.0149. The number of anilines is 3. The van der Waals surface area contributed by atoms with Gasteiger partial charge in [0, 0.05) is 56.3 Å². The van der Waals surface area contributed by atoms with Crippen LogP contribution in [0.4, 0.5) is 17.1 Å². The Labute approximate surface area is 427 Å². The molecule has 0 saturated carbocycles. The van der Waals surface area contributed by atoms with Gasteiger partial charge in [0.1, 0.15) is 23.0 Å². The van der Waals surface area contributed by atoms with Crippen LogP contribution in [-0.4, -0.2) is 22.6 Å². The van der Waals surface area contributed by atoms with Crippen molar-refractivity contribution in [1.29, 1.82) is 0 Å². The van der Waals surface area contributed by atoms with Crippen LogP contribution < -0.4 is 47.2 Å². The van der Waals surface area contributed by atoms with E-state index >= 15 is 0 Å². The zero-order valence-electron chi connectivity index (χ0n) is 40.0. The number of para-hydroxylation sites is 6. The smallest absolute Gasteiger partial charge is 0.256 e. The number of nitrogens with zero attached hydrogens (tertiary/aromatic N) is 3. The highest BCUT2D eigenvalue weighted by molar-refractivity contribution is 7.00. The molecule has 2 aromatic heterocycles. The zero-order valence-corrected chi connectivity index (χ0v) is 40.0. The highest BCUT2D eigenvalue weighted by atomic mass is 16.5. The van der Waals surface area contributed by atoms with Gasteiger partial charge in [-0.25, -0.2) is 0 Å². The minimum Gasteiger partial charge on any atom is -0.458 e. The molecule has 0 N–H and O–H groups in total. The molecule has 17 rings (SSSR count). The van der Waals surface area contributed by atoms with Crippen LogP contribution >= 0.6 is 0 Å². The highest BCUT2D eigenvalue weighted by Gasteiger charge is 2.44. The second kappa shape index (κ2) is 15.0. The molecule has 0 radical (unpaired) electrons. The topological polar surface area (TPSA) is 31.6 Å². The van der Waals surface area contributed by atoms with E-state index in [-0.39, 0.29) is 19.3 Å². The Morgan fingerprint density at radius 3 is 1.28 bits per heavy atom. The van der Waals surface area contributed by atoms with E-state index in [1.165, 1.54) is 93.4 Å². The molecule has 13 aromatic rings. The van der Waals surface area contributed by atoms with Gasteiger partial charge in [-0.3, -0.25) is 0 Å². The summed E-state index contributed by atoms with van der Waals surface area (Å²) in [5.41, 5.74) is 21.3. The summed E-state index contributed by atoms with van der Waals surface area (Å²) < 4.78 is 19.5. The minimum atomic E-state index is -0.0961. The van der Waals surface area contributed by atoms with Crippen LogP contribution in [0.1, 0.15) is 22.6 Å². The third-order valence-electron chi connectivity index (χ3n) is 16.5. The van der Waals surface area contributed by atoms with Gasteiger partial charge < -0.3 is 23.5 Å². The standard InChI is InChI=1S/C67H41B2N3O2/c1-5-21-41(22-6-1)61(42-23-7-2-8-24-42)47-39-59-64-66-62(47)45-37-55-46(38-54(45)71(66)52-33-17-13-29-48(52)68(64)50-31-15-19-35-57(50)73-59)63-56(70(43-25-9-3-10-26-43)44-27-11-4-12-28-44)40-60-65-67(63)72(55)53-34-18-14-30-49(53)69(65)51-32-16-20-36-58(51)74-60/h1-40,61H. The number of hydrogen-bond donors (Lipinski definition) is 0. The Hall–Kier alpha value is -9.45. The van der Waals surface area contributed by atoms with Gasteiger partial charge in [0.15, 0.2) is 0 Å². The van der Waals surface area contributed by atoms with E-state index in [1.807, 2.05) is 0 Å². The highest BCUT2D eigenvalue weighted by Crippen LogP contribution is 2.51. The first-order chi connectivity index (χ1) is 36.8. The van der Waals surface area contributed by atoms with Gasteiger partial charge in [-0.15, -0.1) is 0 Å². The third kappa shape index (κ3) is 5.35. The number of benzene rings is 11. The van der Waals surface area contributed by atoms with E-state index in [1.54, 1.807) is 0 Å².